The van der Waals surface area contributed by atoms with Gasteiger partial charge in [-0.1, -0.05) is 13.8 Å². The number of hydrogen-bond donors (Lipinski definition) is 1. The Morgan fingerprint density at radius 2 is 2.27 bits per heavy atom. The number of hydrogen-bond acceptors (Lipinski definition) is 4. The molecule has 5 heteroatoms. The lowest BCUT2D eigenvalue weighted by molar-refractivity contribution is 0.0775. The van der Waals surface area contributed by atoms with Gasteiger partial charge in [-0.2, -0.15) is 9.53 Å². The molecule has 0 aromatic heterocycles. The molecule has 0 radical (unpaired) electrons. The maximum atomic E-state index is 5.70. The molecule has 1 heterocycles. The molecule has 1 N–H and O–H groups in total. The van der Waals surface area contributed by atoms with Gasteiger partial charge in [-0.25, -0.2) is 5.43 Å². The highest BCUT2D eigenvalue weighted by Crippen LogP contribution is 2.28. The van der Waals surface area contributed by atoms with Crippen LogP contribution in [0, 0.1) is 5.92 Å². The molecule has 3 nitrogen and oxygen atoms in total. The highest BCUT2D eigenvalue weighted by Gasteiger charge is 2.28. The van der Waals surface area contributed by atoms with Gasteiger partial charge in [-0.3, -0.25) is 0 Å². The molecular formula is C6H14ClN3S. The molecule has 1 aliphatic heterocycles. The zero-order chi connectivity index (χ0) is 8.43. The summed E-state index contributed by atoms with van der Waals surface area (Å²) in [6.07, 6.45) is 0. The van der Waals surface area contributed by atoms with Crippen molar-refractivity contribution >= 4 is 23.5 Å². The van der Waals surface area contributed by atoms with E-state index in [1.165, 1.54) is 0 Å². The van der Waals surface area contributed by atoms with Crippen molar-refractivity contribution in [1.82, 2.24) is 15.0 Å². The number of alkyl halides is 1. The van der Waals surface area contributed by atoms with E-state index < -0.39 is 0 Å². The Morgan fingerprint density at radius 3 is 2.55 bits per heavy atom. The summed E-state index contributed by atoms with van der Waals surface area (Å²) in [4.78, 5) is 0. The van der Waals surface area contributed by atoms with Crippen LogP contribution < -0.4 is 5.43 Å². The Hall–Kier alpha value is 0.520. The molecule has 1 rings (SSSR count). The number of nitrogens with zero attached hydrogens (tertiary/aromatic N) is 2. The summed E-state index contributed by atoms with van der Waals surface area (Å²) in [5, 5.41) is 2.39. The molecule has 1 atom stereocenters. The van der Waals surface area contributed by atoms with Crippen molar-refractivity contribution in [3.8, 4) is 0 Å². The first-order valence-corrected chi connectivity index (χ1v) is 5.02. The monoisotopic (exact) mass is 195 g/mol. The second kappa shape index (κ2) is 3.96. The SMILES string of the molecule is CC(C)C1NN(C)N(CCl)S1. The normalized spacial score (nSPS) is 28.6. The Morgan fingerprint density at radius 1 is 1.64 bits per heavy atom. The van der Waals surface area contributed by atoms with E-state index in [0.717, 1.165) is 0 Å². The molecule has 11 heavy (non-hydrogen) atoms. The van der Waals surface area contributed by atoms with Crippen molar-refractivity contribution < 1.29 is 0 Å². The van der Waals surface area contributed by atoms with Crippen molar-refractivity contribution in [2.45, 2.75) is 19.2 Å². The van der Waals surface area contributed by atoms with Gasteiger partial charge in [-0.05, 0) is 17.9 Å². The van der Waals surface area contributed by atoms with Gasteiger partial charge in [0, 0.05) is 7.05 Å². The first-order chi connectivity index (χ1) is 5.15. The van der Waals surface area contributed by atoms with Crippen LogP contribution in [0.1, 0.15) is 13.8 Å². The van der Waals surface area contributed by atoms with Crippen LogP contribution in [0.15, 0.2) is 0 Å². The quantitative estimate of drug-likeness (QED) is 0.409. The lowest BCUT2D eigenvalue weighted by atomic mass is 10.2. The van der Waals surface area contributed by atoms with Gasteiger partial charge in [0.15, 0.2) is 0 Å². The van der Waals surface area contributed by atoms with Crippen LogP contribution in [0.4, 0.5) is 0 Å². The third kappa shape index (κ3) is 2.23. The minimum absolute atomic E-state index is 0.457. The fourth-order valence-corrected chi connectivity index (χ4v) is 2.13. The van der Waals surface area contributed by atoms with Crippen molar-refractivity contribution in [1.29, 1.82) is 0 Å². The van der Waals surface area contributed by atoms with Crippen molar-refractivity contribution in [2.24, 2.45) is 5.92 Å². The van der Waals surface area contributed by atoms with E-state index >= 15 is 0 Å². The molecule has 0 amide bonds. The van der Waals surface area contributed by atoms with E-state index in [4.69, 9.17) is 11.6 Å². The van der Waals surface area contributed by atoms with E-state index in [1.54, 1.807) is 11.9 Å². The molecule has 0 aliphatic carbocycles. The van der Waals surface area contributed by atoms with E-state index in [0.29, 0.717) is 17.3 Å². The van der Waals surface area contributed by atoms with Crippen LogP contribution in [-0.2, 0) is 0 Å². The largest absolute Gasteiger partial charge is 0.226 e. The molecule has 1 unspecified atom stereocenters. The first kappa shape index (κ1) is 9.61. The third-order valence-electron chi connectivity index (χ3n) is 1.59. The molecule has 0 aromatic carbocycles. The van der Waals surface area contributed by atoms with Crippen LogP contribution in [0.25, 0.3) is 0 Å². The number of halogens is 1. The molecule has 0 bridgehead atoms. The molecule has 0 aromatic rings. The topological polar surface area (TPSA) is 18.5 Å². The summed E-state index contributed by atoms with van der Waals surface area (Å²) in [6.45, 7) is 4.38. The Kier molecular flexibility index (Phi) is 3.46. The minimum atomic E-state index is 0.457. The zero-order valence-corrected chi connectivity index (χ0v) is 8.61. The number of nitrogens with one attached hydrogen (secondary N) is 1. The van der Waals surface area contributed by atoms with Gasteiger partial charge in [-0.15, -0.1) is 11.6 Å². The third-order valence-corrected chi connectivity index (χ3v) is 3.45. The molecule has 1 saturated heterocycles. The van der Waals surface area contributed by atoms with Crippen LogP contribution in [-0.4, -0.2) is 28.0 Å². The standard InChI is InChI=1S/C6H14ClN3S/c1-5(2)6-8-9(3)10(4-7)11-6/h5-6,8H,4H2,1-3H3. The Labute approximate surface area is 77.1 Å². The van der Waals surface area contributed by atoms with Crippen LogP contribution in [0.2, 0.25) is 0 Å². The second-order valence-corrected chi connectivity index (χ2v) is 4.27. The molecule has 1 fully saturated rings. The van der Waals surface area contributed by atoms with Crippen molar-refractivity contribution in [3.05, 3.63) is 0 Å². The maximum absolute atomic E-state index is 5.70. The van der Waals surface area contributed by atoms with Gasteiger partial charge in [0.2, 0.25) is 0 Å². The zero-order valence-electron chi connectivity index (χ0n) is 7.04. The van der Waals surface area contributed by atoms with Crippen LogP contribution >= 0.6 is 23.5 Å². The summed E-state index contributed by atoms with van der Waals surface area (Å²) >= 11 is 7.44. The molecule has 0 saturated carbocycles. The highest BCUT2D eigenvalue weighted by atomic mass is 35.5. The summed E-state index contributed by atoms with van der Waals surface area (Å²) in [5.41, 5.74) is 3.29. The minimum Gasteiger partial charge on any atom is -0.226 e. The first-order valence-electron chi connectivity index (χ1n) is 3.65. The van der Waals surface area contributed by atoms with E-state index in [-0.39, 0.29) is 0 Å². The Bertz CT molecular complexity index is 133. The Balaban J connectivity index is 2.43. The molecule has 0 spiro atoms. The van der Waals surface area contributed by atoms with Crippen LogP contribution in [0.5, 0.6) is 0 Å². The predicted molar refractivity (Wildman–Crippen MR) is 49.7 cm³/mol. The van der Waals surface area contributed by atoms with Gasteiger partial charge in [0.05, 0.1) is 5.37 Å². The number of rotatable bonds is 2. The lowest BCUT2D eigenvalue weighted by Crippen LogP contribution is -2.39. The maximum Gasteiger partial charge on any atom is 0.100 e. The van der Waals surface area contributed by atoms with Gasteiger partial charge in [0.1, 0.15) is 6.00 Å². The van der Waals surface area contributed by atoms with Gasteiger partial charge < -0.3 is 0 Å². The van der Waals surface area contributed by atoms with Crippen molar-refractivity contribution in [3.63, 3.8) is 0 Å². The molecule has 66 valence electrons. The lowest BCUT2D eigenvalue weighted by Gasteiger charge is -2.17. The number of hydrazine groups is 2. The van der Waals surface area contributed by atoms with Crippen LogP contribution in [0.3, 0.4) is 0 Å². The predicted octanol–water partition coefficient (Wildman–Crippen LogP) is 1.48. The summed E-state index contributed by atoms with van der Waals surface area (Å²) in [5.74, 6) is 0.621. The average molecular weight is 196 g/mol. The fourth-order valence-electron chi connectivity index (χ4n) is 0.853. The smallest absolute Gasteiger partial charge is 0.100 e. The fraction of sp³-hybridized carbons (Fsp3) is 1.00. The summed E-state index contributed by atoms with van der Waals surface area (Å²) in [6, 6.07) is 0.525. The average Bonchev–Trinajstić information content (AvgIpc) is 2.31. The van der Waals surface area contributed by atoms with E-state index in [9.17, 15) is 0 Å². The molecule has 1 aliphatic rings. The highest BCUT2D eigenvalue weighted by molar-refractivity contribution is 7.97. The summed E-state index contributed by atoms with van der Waals surface area (Å²) in [7, 11) is 1.97. The van der Waals surface area contributed by atoms with Gasteiger partial charge >= 0.3 is 0 Å². The van der Waals surface area contributed by atoms with E-state index in [1.807, 2.05) is 16.6 Å². The second-order valence-electron chi connectivity index (χ2n) is 2.89. The molecular weight excluding hydrogens is 182 g/mol. The summed E-state index contributed by atoms with van der Waals surface area (Å²) < 4.78 is 1.99. The van der Waals surface area contributed by atoms with Crippen molar-refractivity contribution in [2.75, 3.05) is 13.1 Å². The van der Waals surface area contributed by atoms with E-state index in [2.05, 4.69) is 19.3 Å². The van der Waals surface area contributed by atoms with Gasteiger partial charge in [0.25, 0.3) is 0 Å².